The summed E-state index contributed by atoms with van der Waals surface area (Å²) >= 11 is 1.57. The number of nitrogens with zero attached hydrogens (tertiary/aromatic N) is 2. The summed E-state index contributed by atoms with van der Waals surface area (Å²) in [5, 5.41) is 9.97. The van der Waals surface area contributed by atoms with E-state index in [0.29, 0.717) is 12.8 Å². The predicted octanol–water partition coefficient (Wildman–Crippen LogP) is 1.70. The van der Waals surface area contributed by atoms with Crippen LogP contribution in [0.3, 0.4) is 0 Å². The van der Waals surface area contributed by atoms with Gasteiger partial charge in [0.05, 0.1) is 5.92 Å². The van der Waals surface area contributed by atoms with Crippen LogP contribution < -0.4 is 0 Å². The molecule has 1 aliphatic rings. The van der Waals surface area contributed by atoms with Crippen LogP contribution in [0.4, 0.5) is 0 Å². The van der Waals surface area contributed by atoms with Crippen LogP contribution in [0.25, 0.3) is 0 Å². The topological polar surface area (TPSA) is 63.1 Å². The molecule has 0 spiro atoms. The number of aryl methyl sites for hydroxylation is 2. The van der Waals surface area contributed by atoms with Gasteiger partial charge in [0.15, 0.2) is 0 Å². The Morgan fingerprint density at radius 1 is 1.50 bits per heavy atom. The molecular formula is C11H14N2O2S. The lowest BCUT2D eigenvalue weighted by molar-refractivity contribution is -0.142. The van der Waals surface area contributed by atoms with Gasteiger partial charge < -0.3 is 5.11 Å². The van der Waals surface area contributed by atoms with Gasteiger partial charge in [-0.25, -0.2) is 9.97 Å². The maximum absolute atomic E-state index is 11.0. The molecule has 1 N–H and O–H groups in total. The minimum atomic E-state index is -0.710. The van der Waals surface area contributed by atoms with Crippen molar-refractivity contribution in [1.29, 1.82) is 0 Å². The number of fused-ring (bicyclic) bond motifs is 1. The van der Waals surface area contributed by atoms with Crippen molar-refractivity contribution < 1.29 is 9.90 Å². The van der Waals surface area contributed by atoms with Crippen LogP contribution in [-0.4, -0.2) is 27.3 Å². The molecule has 1 aliphatic carbocycles. The van der Waals surface area contributed by atoms with Crippen LogP contribution in [-0.2, 0) is 17.6 Å². The fourth-order valence-corrected chi connectivity index (χ4v) is 2.75. The summed E-state index contributed by atoms with van der Waals surface area (Å²) in [6, 6.07) is 0. The maximum atomic E-state index is 11.0. The molecule has 2 rings (SSSR count). The molecule has 0 aliphatic heterocycles. The quantitative estimate of drug-likeness (QED) is 0.627. The third-order valence-corrected chi connectivity index (χ3v) is 3.61. The number of hydrogen-bond donors (Lipinski definition) is 1. The minimum absolute atomic E-state index is 0.273. The SMILES string of the molecule is CSc1nc(C)nc2c1CC(C(=O)O)CC2. The van der Waals surface area contributed by atoms with E-state index in [9.17, 15) is 4.79 Å². The van der Waals surface area contributed by atoms with E-state index in [2.05, 4.69) is 9.97 Å². The number of hydrogen-bond acceptors (Lipinski definition) is 4. The Bertz CT molecular complexity index is 417. The number of carboxylic acids is 1. The predicted molar refractivity (Wildman–Crippen MR) is 61.7 cm³/mol. The third-order valence-electron chi connectivity index (χ3n) is 2.89. The zero-order valence-electron chi connectivity index (χ0n) is 9.36. The highest BCUT2D eigenvalue weighted by Gasteiger charge is 2.27. The first-order chi connectivity index (χ1) is 7.61. The van der Waals surface area contributed by atoms with E-state index in [0.717, 1.165) is 28.5 Å². The van der Waals surface area contributed by atoms with E-state index in [1.807, 2.05) is 13.2 Å². The highest BCUT2D eigenvalue weighted by molar-refractivity contribution is 7.98. The van der Waals surface area contributed by atoms with Gasteiger partial charge in [0.2, 0.25) is 0 Å². The molecule has 0 aromatic carbocycles. The van der Waals surface area contributed by atoms with Crippen LogP contribution in [0.1, 0.15) is 23.5 Å². The molecule has 5 heteroatoms. The molecule has 0 bridgehead atoms. The average molecular weight is 238 g/mol. The Morgan fingerprint density at radius 2 is 2.25 bits per heavy atom. The van der Waals surface area contributed by atoms with Gasteiger partial charge in [-0.1, -0.05) is 0 Å². The average Bonchev–Trinajstić information content (AvgIpc) is 2.27. The molecule has 1 heterocycles. The van der Waals surface area contributed by atoms with Crippen molar-refractivity contribution in [2.75, 3.05) is 6.26 Å². The zero-order chi connectivity index (χ0) is 11.7. The van der Waals surface area contributed by atoms with Crippen LogP contribution in [0.2, 0.25) is 0 Å². The van der Waals surface area contributed by atoms with Crippen molar-refractivity contribution in [2.45, 2.75) is 31.2 Å². The van der Waals surface area contributed by atoms with Crippen LogP contribution in [0.5, 0.6) is 0 Å². The summed E-state index contributed by atoms with van der Waals surface area (Å²) in [7, 11) is 0. The highest BCUT2D eigenvalue weighted by Crippen LogP contribution is 2.30. The van der Waals surface area contributed by atoms with Gasteiger partial charge in [-0.2, -0.15) is 0 Å². The fourth-order valence-electron chi connectivity index (χ4n) is 2.08. The number of carbonyl (C=O) groups is 1. The van der Waals surface area contributed by atoms with E-state index in [1.54, 1.807) is 11.8 Å². The van der Waals surface area contributed by atoms with Crippen LogP contribution in [0.15, 0.2) is 5.03 Å². The van der Waals surface area contributed by atoms with Gasteiger partial charge in [-0.3, -0.25) is 4.79 Å². The molecule has 1 aromatic heterocycles. The van der Waals surface area contributed by atoms with E-state index in [4.69, 9.17) is 5.11 Å². The monoisotopic (exact) mass is 238 g/mol. The molecule has 1 atom stereocenters. The van der Waals surface area contributed by atoms with Gasteiger partial charge in [0.25, 0.3) is 0 Å². The fraction of sp³-hybridized carbons (Fsp3) is 0.545. The molecule has 0 amide bonds. The molecule has 86 valence electrons. The second kappa shape index (κ2) is 4.41. The molecule has 0 fully saturated rings. The normalized spacial score (nSPS) is 19.2. The maximum Gasteiger partial charge on any atom is 0.306 e. The zero-order valence-corrected chi connectivity index (χ0v) is 10.2. The Balaban J connectivity index is 2.39. The smallest absolute Gasteiger partial charge is 0.306 e. The van der Waals surface area contributed by atoms with Gasteiger partial charge in [0.1, 0.15) is 10.9 Å². The number of rotatable bonds is 2. The molecule has 16 heavy (non-hydrogen) atoms. The summed E-state index contributed by atoms with van der Waals surface area (Å²) in [5.74, 6) is -0.208. The lowest BCUT2D eigenvalue weighted by Gasteiger charge is -2.22. The van der Waals surface area contributed by atoms with E-state index in [-0.39, 0.29) is 5.92 Å². The minimum Gasteiger partial charge on any atom is -0.481 e. The van der Waals surface area contributed by atoms with Gasteiger partial charge in [0, 0.05) is 11.3 Å². The number of thioether (sulfide) groups is 1. The number of aromatic nitrogens is 2. The summed E-state index contributed by atoms with van der Waals surface area (Å²) in [6.07, 6.45) is 3.98. The van der Waals surface area contributed by atoms with Crippen molar-refractivity contribution in [3.05, 3.63) is 17.1 Å². The lowest BCUT2D eigenvalue weighted by Crippen LogP contribution is -2.24. The Morgan fingerprint density at radius 3 is 2.88 bits per heavy atom. The first-order valence-electron chi connectivity index (χ1n) is 5.25. The van der Waals surface area contributed by atoms with Crippen molar-refractivity contribution in [2.24, 2.45) is 5.92 Å². The highest BCUT2D eigenvalue weighted by atomic mass is 32.2. The Kier molecular flexibility index (Phi) is 3.14. The van der Waals surface area contributed by atoms with E-state index in [1.165, 1.54) is 0 Å². The molecular weight excluding hydrogens is 224 g/mol. The van der Waals surface area contributed by atoms with Crippen molar-refractivity contribution in [3.8, 4) is 0 Å². The third kappa shape index (κ3) is 2.04. The van der Waals surface area contributed by atoms with E-state index < -0.39 is 5.97 Å². The lowest BCUT2D eigenvalue weighted by atomic mass is 9.87. The summed E-state index contributed by atoms with van der Waals surface area (Å²) < 4.78 is 0. The first kappa shape index (κ1) is 11.4. The second-order valence-electron chi connectivity index (χ2n) is 3.98. The number of aliphatic carboxylic acids is 1. The second-order valence-corrected chi connectivity index (χ2v) is 4.78. The standard InChI is InChI=1S/C11H14N2O2S/c1-6-12-9-4-3-7(11(14)15)5-8(9)10(13-6)16-2/h7H,3-5H2,1-2H3,(H,14,15). The molecule has 1 aromatic rings. The van der Waals surface area contributed by atoms with Crippen molar-refractivity contribution in [3.63, 3.8) is 0 Å². The first-order valence-corrected chi connectivity index (χ1v) is 6.47. The molecule has 0 saturated carbocycles. The summed E-state index contributed by atoms with van der Waals surface area (Å²) in [6.45, 7) is 1.88. The molecule has 0 radical (unpaired) electrons. The summed E-state index contributed by atoms with van der Waals surface area (Å²) in [5.41, 5.74) is 2.08. The molecule has 0 saturated heterocycles. The van der Waals surface area contributed by atoms with Gasteiger partial charge >= 0.3 is 5.97 Å². The molecule has 4 nitrogen and oxygen atoms in total. The number of carboxylic acid groups (broad SMARTS) is 1. The van der Waals surface area contributed by atoms with Gasteiger partial charge in [-0.15, -0.1) is 11.8 Å². The largest absolute Gasteiger partial charge is 0.481 e. The summed E-state index contributed by atoms with van der Waals surface area (Å²) in [4.78, 5) is 19.7. The Labute approximate surface area is 98.5 Å². The van der Waals surface area contributed by atoms with E-state index >= 15 is 0 Å². The van der Waals surface area contributed by atoms with Crippen LogP contribution >= 0.6 is 11.8 Å². The van der Waals surface area contributed by atoms with Crippen LogP contribution in [0, 0.1) is 12.8 Å². The Hall–Kier alpha value is -1.10. The van der Waals surface area contributed by atoms with Gasteiger partial charge in [-0.05, 0) is 32.4 Å². The van der Waals surface area contributed by atoms with Crippen molar-refractivity contribution in [1.82, 2.24) is 9.97 Å². The molecule has 1 unspecified atom stereocenters. The van der Waals surface area contributed by atoms with Crippen molar-refractivity contribution >= 4 is 17.7 Å².